The minimum absolute atomic E-state index is 0.395. The largest absolute Gasteiger partial charge is 0.310 e. The van der Waals surface area contributed by atoms with Crippen LogP contribution in [0.1, 0.15) is 42.5 Å². The zero-order valence-electron chi connectivity index (χ0n) is 12.1. The van der Waals surface area contributed by atoms with Crippen molar-refractivity contribution in [1.82, 2.24) is 5.32 Å². The van der Waals surface area contributed by atoms with Crippen molar-refractivity contribution in [2.45, 2.75) is 32.7 Å². The van der Waals surface area contributed by atoms with Gasteiger partial charge in [-0.15, -0.1) is 0 Å². The van der Waals surface area contributed by atoms with Crippen LogP contribution in [0.3, 0.4) is 0 Å². The number of hydrogen-bond acceptors (Lipinski definition) is 1. The second kappa shape index (κ2) is 6.53. The molecule has 0 saturated heterocycles. The van der Waals surface area contributed by atoms with E-state index in [2.05, 4.69) is 80.7 Å². The van der Waals surface area contributed by atoms with Crippen molar-refractivity contribution in [3.8, 4) is 0 Å². The molecule has 0 amide bonds. The molecule has 0 aliphatic carbocycles. The van der Waals surface area contributed by atoms with E-state index in [1.165, 1.54) is 16.7 Å². The quantitative estimate of drug-likeness (QED) is 0.830. The Bertz CT molecular complexity index is 487. The number of nitrogens with one attached hydrogen (secondary N) is 1. The first kappa shape index (κ1) is 13.8. The Kier molecular flexibility index (Phi) is 4.75. The van der Waals surface area contributed by atoms with Gasteiger partial charge in [-0.3, -0.25) is 0 Å². The van der Waals surface area contributed by atoms with Gasteiger partial charge in [0.25, 0.3) is 0 Å². The van der Waals surface area contributed by atoms with E-state index >= 15 is 0 Å². The van der Waals surface area contributed by atoms with E-state index in [0.29, 0.717) is 12.0 Å². The summed E-state index contributed by atoms with van der Waals surface area (Å²) in [5.41, 5.74) is 4.06. The molecular weight excluding hydrogens is 230 g/mol. The molecule has 0 spiro atoms. The van der Waals surface area contributed by atoms with Crippen LogP contribution in [-0.2, 0) is 0 Å². The molecule has 0 heterocycles. The highest BCUT2D eigenvalue weighted by Crippen LogP contribution is 2.17. The molecule has 2 rings (SSSR count). The third kappa shape index (κ3) is 3.93. The fraction of sp³-hybridized carbons (Fsp3) is 0.333. The van der Waals surface area contributed by atoms with E-state index in [1.807, 2.05) is 0 Å². The molecule has 0 radical (unpaired) electrons. The lowest BCUT2D eigenvalue weighted by Gasteiger charge is -2.18. The number of hydrogen-bond donors (Lipinski definition) is 1. The van der Waals surface area contributed by atoms with Crippen LogP contribution in [-0.4, -0.2) is 6.54 Å². The Morgan fingerprint density at radius 3 is 2.11 bits per heavy atom. The summed E-state index contributed by atoms with van der Waals surface area (Å²) < 4.78 is 0. The van der Waals surface area contributed by atoms with E-state index in [1.54, 1.807) is 0 Å². The molecule has 0 fully saturated rings. The highest BCUT2D eigenvalue weighted by molar-refractivity contribution is 5.24. The summed E-state index contributed by atoms with van der Waals surface area (Å²) in [6, 6.07) is 19.8. The lowest BCUT2D eigenvalue weighted by molar-refractivity contribution is 0.537. The summed E-state index contributed by atoms with van der Waals surface area (Å²) in [6.07, 6.45) is 0. The van der Waals surface area contributed by atoms with Gasteiger partial charge in [0, 0.05) is 12.6 Å². The van der Waals surface area contributed by atoms with E-state index in [4.69, 9.17) is 0 Å². The second-order valence-corrected chi connectivity index (χ2v) is 5.35. The first-order valence-corrected chi connectivity index (χ1v) is 7.01. The Balaban J connectivity index is 1.90. The maximum Gasteiger partial charge on any atom is 0.0292 e. The fourth-order valence-corrected chi connectivity index (χ4v) is 2.23. The average Bonchev–Trinajstić information content (AvgIpc) is 2.46. The minimum Gasteiger partial charge on any atom is -0.310 e. The summed E-state index contributed by atoms with van der Waals surface area (Å²) >= 11 is 0. The van der Waals surface area contributed by atoms with Crippen molar-refractivity contribution in [2.24, 2.45) is 0 Å². The zero-order chi connectivity index (χ0) is 13.7. The first-order chi connectivity index (χ1) is 9.16. The predicted molar refractivity (Wildman–Crippen MR) is 82.5 cm³/mol. The van der Waals surface area contributed by atoms with Crippen molar-refractivity contribution in [3.05, 3.63) is 71.3 Å². The predicted octanol–water partition coefficient (Wildman–Crippen LogP) is 4.45. The Hall–Kier alpha value is -1.60. The van der Waals surface area contributed by atoms with Gasteiger partial charge in [-0.25, -0.2) is 0 Å². The number of rotatable bonds is 5. The molecule has 100 valence electrons. The standard InChI is InChI=1S/C18H23N/c1-14-9-11-18(12-10-14)16(3)19-13-15(2)17-7-5-4-6-8-17/h4-12,15-16,19H,13H2,1-3H3. The van der Waals surface area contributed by atoms with Crippen LogP contribution in [0.15, 0.2) is 54.6 Å². The topological polar surface area (TPSA) is 12.0 Å². The van der Waals surface area contributed by atoms with Gasteiger partial charge in [0.2, 0.25) is 0 Å². The summed E-state index contributed by atoms with van der Waals surface area (Å²) in [5.74, 6) is 0.536. The number of benzene rings is 2. The molecular formula is C18H23N. The van der Waals surface area contributed by atoms with Gasteiger partial charge in [0.15, 0.2) is 0 Å². The molecule has 2 aromatic rings. The van der Waals surface area contributed by atoms with Crippen LogP contribution >= 0.6 is 0 Å². The van der Waals surface area contributed by atoms with Crippen molar-refractivity contribution in [1.29, 1.82) is 0 Å². The molecule has 0 aliphatic heterocycles. The third-order valence-corrected chi connectivity index (χ3v) is 3.68. The average molecular weight is 253 g/mol. The van der Waals surface area contributed by atoms with Gasteiger partial charge < -0.3 is 5.32 Å². The van der Waals surface area contributed by atoms with Crippen LogP contribution in [0, 0.1) is 6.92 Å². The normalized spacial score (nSPS) is 14.1. The molecule has 0 aliphatic rings. The molecule has 2 atom stereocenters. The maximum absolute atomic E-state index is 3.62. The maximum atomic E-state index is 3.62. The molecule has 1 heteroatoms. The van der Waals surface area contributed by atoms with Gasteiger partial charge in [0.05, 0.1) is 0 Å². The lowest BCUT2D eigenvalue weighted by Crippen LogP contribution is -2.23. The van der Waals surface area contributed by atoms with Crippen LogP contribution in [0.25, 0.3) is 0 Å². The molecule has 0 bridgehead atoms. The Morgan fingerprint density at radius 2 is 1.47 bits per heavy atom. The summed E-state index contributed by atoms with van der Waals surface area (Å²) in [7, 11) is 0. The summed E-state index contributed by atoms with van der Waals surface area (Å²) in [4.78, 5) is 0. The van der Waals surface area contributed by atoms with Gasteiger partial charge in [-0.2, -0.15) is 0 Å². The van der Waals surface area contributed by atoms with Crippen molar-refractivity contribution < 1.29 is 0 Å². The molecule has 1 N–H and O–H groups in total. The second-order valence-electron chi connectivity index (χ2n) is 5.35. The fourth-order valence-electron chi connectivity index (χ4n) is 2.23. The van der Waals surface area contributed by atoms with Crippen LogP contribution in [0.4, 0.5) is 0 Å². The van der Waals surface area contributed by atoms with E-state index < -0.39 is 0 Å². The van der Waals surface area contributed by atoms with Gasteiger partial charge >= 0.3 is 0 Å². The Labute approximate surface area is 116 Å². The SMILES string of the molecule is Cc1ccc(C(C)NCC(C)c2ccccc2)cc1. The van der Waals surface area contributed by atoms with Crippen molar-refractivity contribution in [2.75, 3.05) is 6.54 Å². The van der Waals surface area contributed by atoms with Crippen LogP contribution in [0.2, 0.25) is 0 Å². The number of aryl methyl sites for hydroxylation is 1. The van der Waals surface area contributed by atoms with E-state index in [0.717, 1.165) is 6.54 Å². The third-order valence-electron chi connectivity index (χ3n) is 3.68. The van der Waals surface area contributed by atoms with Crippen LogP contribution in [0.5, 0.6) is 0 Å². The Morgan fingerprint density at radius 1 is 0.842 bits per heavy atom. The van der Waals surface area contributed by atoms with Gasteiger partial charge in [-0.05, 0) is 30.9 Å². The lowest BCUT2D eigenvalue weighted by atomic mass is 10.00. The van der Waals surface area contributed by atoms with Crippen molar-refractivity contribution in [3.63, 3.8) is 0 Å². The van der Waals surface area contributed by atoms with Crippen LogP contribution < -0.4 is 5.32 Å². The molecule has 0 aromatic heterocycles. The molecule has 19 heavy (non-hydrogen) atoms. The molecule has 1 nitrogen and oxygen atoms in total. The van der Waals surface area contributed by atoms with Gasteiger partial charge in [0.1, 0.15) is 0 Å². The molecule has 0 saturated carbocycles. The first-order valence-electron chi connectivity index (χ1n) is 7.01. The monoisotopic (exact) mass is 253 g/mol. The summed E-state index contributed by atoms with van der Waals surface area (Å²) in [6.45, 7) is 7.62. The highest BCUT2D eigenvalue weighted by Gasteiger charge is 2.08. The highest BCUT2D eigenvalue weighted by atomic mass is 14.9. The molecule has 2 unspecified atom stereocenters. The summed E-state index contributed by atoms with van der Waals surface area (Å²) in [5, 5.41) is 3.62. The van der Waals surface area contributed by atoms with Crippen molar-refractivity contribution >= 4 is 0 Å². The minimum atomic E-state index is 0.395. The molecule has 2 aromatic carbocycles. The zero-order valence-corrected chi connectivity index (χ0v) is 12.1. The smallest absolute Gasteiger partial charge is 0.0292 e. The van der Waals surface area contributed by atoms with E-state index in [9.17, 15) is 0 Å². The van der Waals surface area contributed by atoms with E-state index in [-0.39, 0.29) is 0 Å². The van der Waals surface area contributed by atoms with Gasteiger partial charge in [-0.1, -0.05) is 67.1 Å².